The summed E-state index contributed by atoms with van der Waals surface area (Å²) in [6, 6.07) is 1.90. The first-order valence-corrected chi connectivity index (χ1v) is 5.27. The van der Waals surface area contributed by atoms with Gasteiger partial charge in [0, 0.05) is 16.2 Å². The topological polar surface area (TPSA) is 27.7 Å². The molecule has 0 bridgehead atoms. The highest BCUT2D eigenvalue weighted by atomic mass is 32.1. The Morgan fingerprint density at radius 2 is 1.80 bits per heavy atom. The first-order chi connectivity index (χ1) is 7.31. The van der Waals surface area contributed by atoms with Gasteiger partial charge < -0.3 is 14.2 Å². The first-order valence-electron chi connectivity index (χ1n) is 4.39. The van der Waals surface area contributed by atoms with Crippen LogP contribution in [-0.2, 0) is 0 Å². The molecular formula is C11H11O3S. The van der Waals surface area contributed by atoms with Gasteiger partial charge in [-0.05, 0) is 6.07 Å². The molecule has 3 nitrogen and oxygen atoms in total. The van der Waals surface area contributed by atoms with Crippen molar-refractivity contribution in [3.63, 3.8) is 0 Å². The van der Waals surface area contributed by atoms with Crippen LogP contribution in [0.3, 0.4) is 0 Å². The molecule has 0 saturated carbocycles. The smallest absolute Gasteiger partial charge is 0.203 e. The molecule has 0 aliphatic rings. The Bertz CT molecular complexity index is 476. The molecule has 1 aromatic carbocycles. The predicted octanol–water partition coefficient (Wildman–Crippen LogP) is 2.73. The number of hydrogen-bond acceptors (Lipinski definition) is 4. The SMILES string of the molecule is COc1cc2[c]scc2c(OC)c1OC. The zero-order valence-corrected chi connectivity index (χ0v) is 9.60. The van der Waals surface area contributed by atoms with Crippen LogP contribution < -0.4 is 14.2 Å². The molecule has 4 heteroatoms. The monoisotopic (exact) mass is 223 g/mol. The van der Waals surface area contributed by atoms with E-state index in [-0.39, 0.29) is 0 Å². The lowest BCUT2D eigenvalue weighted by Crippen LogP contribution is -1.94. The van der Waals surface area contributed by atoms with Gasteiger partial charge in [0.15, 0.2) is 11.5 Å². The minimum atomic E-state index is 0.624. The van der Waals surface area contributed by atoms with Crippen LogP contribution in [0.2, 0.25) is 0 Å². The van der Waals surface area contributed by atoms with Gasteiger partial charge >= 0.3 is 0 Å². The van der Waals surface area contributed by atoms with Crippen molar-refractivity contribution in [1.82, 2.24) is 0 Å². The number of thiophene rings is 1. The fourth-order valence-electron chi connectivity index (χ4n) is 1.53. The van der Waals surface area contributed by atoms with E-state index in [9.17, 15) is 0 Å². The second-order valence-corrected chi connectivity index (χ2v) is 3.62. The van der Waals surface area contributed by atoms with E-state index in [2.05, 4.69) is 5.38 Å². The second kappa shape index (κ2) is 3.98. The molecular weight excluding hydrogens is 212 g/mol. The molecule has 79 valence electrons. The van der Waals surface area contributed by atoms with Gasteiger partial charge in [-0.15, -0.1) is 11.3 Å². The van der Waals surface area contributed by atoms with E-state index in [1.54, 1.807) is 21.3 Å². The number of ether oxygens (including phenoxy) is 3. The van der Waals surface area contributed by atoms with Crippen LogP contribution >= 0.6 is 11.3 Å². The second-order valence-electron chi connectivity index (χ2n) is 2.94. The van der Waals surface area contributed by atoms with Gasteiger partial charge in [-0.3, -0.25) is 0 Å². The molecule has 0 fully saturated rings. The third kappa shape index (κ3) is 1.51. The molecule has 2 rings (SSSR count). The van der Waals surface area contributed by atoms with E-state index in [1.807, 2.05) is 11.4 Å². The third-order valence-corrected chi connectivity index (χ3v) is 2.91. The average molecular weight is 223 g/mol. The predicted molar refractivity (Wildman–Crippen MR) is 60.3 cm³/mol. The first kappa shape index (κ1) is 10.1. The van der Waals surface area contributed by atoms with Crippen molar-refractivity contribution >= 4 is 22.1 Å². The molecule has 0 atom stereocenters. The third-order valence-electron chi connectivity index (χ3n) is 2.21. The van der Waals surface area contributed by atoms with Crippen molar-refractivity contribution in [3.05, 3.63) is 16.8 Å². The number of fused-ring (bicyclic) bond motifs is 1. The quantitative estimate of drug-likeness (QED) is 0.800. The van der Waals surface area contributed by atoms with Crippen molar-refractivity contribution in [1.29, 1.82) is 0 Å². The Balaban J connectivity index is 2.78. The van der Waals surface area contributed by atoms with E-state index in [4.69, 9.17) is 14.2 Å². The molecule has 0 amide bonds. The van der Waals surface area contributed by atoms with Crippen molar-refractivity contribution in [3.8, 4) is 17.2 Å². The summed E-state index contributed by atoms with van der Waals surface area (Å²) in [5.74, 6) is 1.99. The minimum absolute atomic E-state index is 0.624. The van der Waals surface area contributed by atoms with Crippen LogP contribution in [0.5, 0.6) is 17.2 Å². The van der Waals surface area contributed by atoms with Crippen molar-refractivity contribution < 1.29 is 14.2 Å². The minimum Gasteiger partial charge on any atom is -0.493 e. The zero-order valence-electron chi connectivity index (χ0n) is 8.79. The molecule has 0 N–H and O–H groups in total. The largest absolute Gasteiger partial charge is 0.493 e. The normalized spacial score (nSPS) is 10.3. The van der Waals surface area contributed by atoms with Gasteiger partial charge in [0.25, 0.3) is 0 Å². The van der Waals surface area contributed by atoms with E-state index >= 15 is 0 Å². The average Bonchev–Trinajstić information content (AvgIpc) is 2.73. The summed E-state index contributed by atoms with van der Waals surface area (Å²) < 4.78 is 15.8. The molecule has 0 spiro atoms. The zero-order chi connectivity index (χ0) is 10.8. The van der Waals surface area contributed by atoms with E-state index < -0.39 is 0 Å². The highest BCUT2D eigenvalue weighted by Gasteiger charge is 2.15. The summed E-state index contributed by atoms with van der Waals surface area (Å²) in [6.45, 7) is 0. The lowest BCUT2D eigenvalue weighted by molar-refractivity contribution is 0.327. The lowest BCUT2D eigenvalue weighted by Gasteiger charge is -2.12. The fourth-order valence-corrected chi connectivity index (χ4v) is 2.24. The highest BCUT2D eigenvalue weighted by molar-refractivity contribution is 7.08. The van der Waals surface area contributed by atoms with Crippen LogP contribution in [0.15, 0.2) is 11.4 Å². The Labute approximate surface area is 92.2 Å². The molecule has 15 heavy (non-hydrogen) atoms. The standard InChI is InChI=1S/C11H11O3S/c1-12-9-4-7-5-15-6-8(7)10(13-2)11(9)14-3/h4,6H,1-3H3. The molecule has 1 radical (unpaired) electrons. The Morgan fingerprint density at radius 1 is 1.07 bits per heavy atom. The maximum Gasteiger partial charge on any atom is 0.203 e. The van der Waals surface area contributed by atoms with Gasteiger partial charge in [0.1, 0.15) is 0 Å². The molecule has 0 unspecified atom stereocenters. The number of methoxy groups -OCH3 is 3. The van der Waals surface area contributed by atoms with Crippen molar-refractivity contribution in [2.75, 3.05) is 21.3 Å². The van der Waals surface area contributed by atoms with Gasteiger partial charge in [0.2, 0.25) is 5.75 Å². The lowest BCUT2D eigenvalue weighted by atomic mass is 10.2. The molecule has 1 aromatic heterocycles. The van der Waals surface area contributed by atoms with Crippen LogP contribution in [0.4, 0.5) is 0 Å². The van der Waals surface area contributed by atoms with Gasteiger partial charge in [0.05, 0.1) is 26.7 Å². The summed E-state index contributed by atoms with van der Waals surface area (Å²) >= 11 is 1.50. The maximum atomic E-state index is 5.33. The Kier molecular flexibility index (Phi) is 2.68. The summed E-state index contributed by atoms with van der Waals surface area (Å²) in [4.78, 5) is 0. The number of rotatable bonds is 3. The Hall–Kier alpha value is -1.42. The molecule has 0 saturated heterocycles. The highest BCUT2D eigenvalue weighted by Crippen LogP contribution is 2.44. The summed E-state index contributed by atoms with van der Waals surface area (Å²) in [7, 11) is 4.83. The van der Waals surface area contributed by atoms with Crippen LogP contribution in [-0.4, -0.2) is 21.3 Å². The Morgan fingerprint density at radius 3 is 2.40 bits per heavy atom. The summed E-state index contributed by atoms with van der Waals surface area (Å²) in [5, 5.41) is 7.11. The van der Waals surface area contributed by atoms with Crippen LogP contribution in [0, 0.1) is 5.38 Å². The van der Waals surface area contributed by atoms with Gasteiger partial charge in [-0.25, -0.2) is 0 Å². The summed E-state index contributed by atoms with van der Waals surface area (Å²) in [6.07, 6.45) is 0. The van der Waals surface area contributed by atoms with Gasteiger partial charge in [-0.2, -0.15) is 0 Å². The van der Waals surface area contributed by atoms with E-state index in [0.717, 1.165) is 10.8 Å². The van der Waals surface area contributed by atoms with E-state index in [1.165, 1.54) is 11.3 Å². The van der Waals surface area contributed by atoms with E-state index in [0.29, 0.717) is 17.2 Å². The van der Waals surface area contributed by atoms with Crippen molar-refractivity contribution in [2.24, 2.45) is 0 Å². The maximum absolute atomic E-state index is 5.33. The molecule has 2 aromatic rings. The number of benzene rings is 1. The molecule has 0 aliphatic heterocycles. The van der Waals surface area contributed by atoms with Gasteiger partial charge in [-0.1, -0.05) is 0 Å². The fraction of sp³-hybridized carbons (Fsp3) is 0.273. The van der Waals surface area contributed by atoms with Crippen LogP contribution in [0.1, 0.15) is 0 Å². The molecule has 1 heterocycles. The summed E-state index contributed by atoms with van der Waals surface area (Å²) in [5.41, 5.74) is 0. The van der Waals surface area contributed by atoms with Crippen LogP contribution in [0.25, 0.3) is 10.8 Å². The number of hydrogen-bond donors (Lipinski definition) is 0. The molecule has 0 aliphatic carbocycles. The van der Waals surface area contributed by atoms with Crippen molar-refractivity contribution in [2.45, 2.75) is 0 Å².